The van der Waals surface area contributed by atoms with Gasteiger partial charge in [-0.2, -0.15) is 0 Å². The van der Waals surface area contributed by atoms with Gasteiger partial charge in [-0.3, -0.25) is 4.79 Å². The van der Waals surface area contributed by atoms with Crippen molar-refractivity contribution in [2.75, 3.05) is 19.6 Å². The van der Waals surface area contributed by atoms with E-state index in [1.807, 2.05) is 22.7 Å². The van der Waals surface area contributed by atoms with Crippen LogP contribution in [-0.4, -0.2) is 41.0 Å². The molecule has 0 unspecified atom stereocenters. The van der Waals surface area contributed by atoms with Crippen LogP contribution in [0.15, 0.2) is 24.5 Å². The molecule has 0 aromatic carbocycles. The number of hydrogen-bond donors (Lipinski definition) is 3. The van der Waals surface area contributed by atoms with Crippen molar-refractivity contribution >= 4 is 11.6 Å². The summed E-state index contributed by atoms with van der Waals surface area (Å²) in [6, 6.07) is 4.62. The van der Waals surface area contributed by atoms with Gasteiger partial charge in [0.05, 0.1) is 12.2 Å². The highest BCUT2D eigenvalue weighted by Gasteiger charge is 2.32. The summed E-state index contributed by atoms with van der Waals surface area (Å²) in [6.07, 6.45) is 7.99. The van der Waals surface area contributed by atoms with E-state index in [0.29, 0.717) is 19.0 Å². The van der Waals surface area contributed by atoms with Gasteiger partial charge in [0.1, 0.15) is 5.65 Å². The van der Waals surface area contributed by atoms with E-state index in [2.05, 4.69) is 34.1 Å². The summed E-state index contributed by atoms with van der Waals surface area (Å²) < 4.78 is 2.01. The van der Waals surface area contributed by atoms with Gasteiger partial charge in [-0.15, -0.1) is 0 Å². The smallest absolute Gasteiger partial charge is 0.220 e. The molecule has 2 saturated heterocycles. The van der Waals surface area contributed by atoms with Crippen molar-refractivity contribution in [3.63, 3.8) is 0 Å². The molecular formula is C20H29N5O. The Kier molecular flexibility index (Phi) is 5.22. The van der Waals surface area contributed by atoms with Gasteiger partial charge in [0.25, 0.3) is 0 Å². The molecule has 6 heteroatoms. The van der Waals surface area contributed by atoms with E-state index in [9.17, 15) is 4.79 Å². The number of piperidine rings is 2. The fraction of sp³-hybridized carbons (Fsp3) is 0.600. The maximum Gasteiger partial charge on any atom is 0.220 e. The Balaban J connectivity index is 1.20. The Morgan fingerprint density at radius 3 is 3.15 bits per heavy atom. The van der Waals surface area contributed by atoms with Crippen molar-refractivity contribution in [3.05, 3.63) is 35.8 Å². The summed E-state index contributed by atoms with van der Waals surface area (Å²) in [7, 11) is 0. The molecule has 4 heterocycles. The van der Waals surface area contributed by atoms with Gasteiger partial charge >= 0.3 is 0 Å². The highest BCUT2D eigenvalue weighted by atomic mass is 16.1. The quantitative estimate of drug-likeness (QED) is 0.737. The standard InChI is InChI=1S/C20H29N5O/c1-14-5-6-19-24-17(13-25(19)12-14)11-23-20(26)4-2-3-18-16-7-15(9-22-18)8-21-10-16/h5-6,12-13,15-16,18,21-22H,2-4,7-11H2,1H3,(H,23,26)/t15-,16+,18-/m0/s1. The van der Waals surface area contributed by atoms with Crippen LogP contribution in [0.1, 0.15) is 36.9 Å². The second kappa shape index (κ2) is 7.76. The van der Waals surface area contributed by atoms with Crippen LogP contribution in [0.2, 0.25) is 0 Å². The second-order valence-corrected chi connectivity index (χ2v) is 7.91. The number of carbonyl (C=O) groups excluding carboxylic acids is 1. The first-order chi connectivity index (χ1) is 12.7. The lowest BCUT2D eigenvalue weighted by molar-refractivity contribution is -0.121. The minimum Gasteiger partial charge on any atom is -0.350 e. The summed E-state index contributed by atoms with van der Waals surface area (Å²) in [5.41, 5.74) is 3.01. The number of rotatable bonds is 6. The summed E-state index contributed by atoms with van der Waals surface area (Å²) in [4.78, 5) is 16.7. The number of pyridine rings is 1. The number of nitrogens with zero attached hydrogens (tertiary/aromatic N) is 2. The molecule has 3 N–H and O–H groups in total. The number of aryl methyl sites for hydroxylation is 1. The van der Waals surface area contributed by atoms with Gasteiger partial charge in [-0.1, -0.05) is 6.07 Å². The molecule has 2 bridgehead atoms. The first kappa shape index (κ1) is 17.5. The lowest BCUT2D eigenvalue weighted by Gasteiger charge is -2.41. The molecule has 2 aliphatic rings. The molecule has 0 aliphatic carbocycles. The van der Waals surface area contributed by atoms with E-state index < -0.39 is 0 Å². The zero-order chi connectivity index (χ0) is 17.9. The van der Waals surface area contributed by atoms with E-state index >= 15 is 0 Å². The average molecular weight is 355 g/mol. The van der Waals surface area contributed by atoms with Crippen LogP contribution in [0.25, 0.3) is 5.65 Å². The van der Waals surface area contributed by atoms with Gasteiger partial charge < -0.3 is 20.4 Å². The third-order valence-corrected chi connectivity index (χ3v) is 5.75. The van der Waals surface area contributed by atoms with Crippen molar-refractivity contribution < 1.29 is 4.79 Å². The Bertz CT molecular complexity index is 771. The topological polar surface area (TPSA) is 70.5 Å². The number of hydrogen-bond acceptors (Lipinski definition) is 4. The number of carbonyl (C=O) groups is 1. The van der Waals surface area contributed by atoms with Crippen LogP contribution in [-0.2, 0) is 11.3 Å². The van der Waals surface area contributed by atoms with Crippen molar-refractivity contribution in [1.29, 1.82) is 0 Å². The van der Waals surface area contributed by atoms with Gasteiger partial charge in [0, 0.05) is 24.9 Å². The van der Waals surface area contributed by atoms with Crippen molar-refractivity contribution in [3.8, 4) is 0 Å². The maximum atomic E-state index is 12.2. The lowest BCUT2D eigenvalue weighted by atomic mass is 9.80. The third kappa shape index (κ3) is 4.07. The Morgan fingerprint density at radius 2 is 2.23 bits per heavy atom. The number of amides is 1. The Hall–Kier alpha value is -1.92. The fourth-order valence-corrected chi connectivity index (χ4v) is 4.35. The summed E-state index contributed by atoms with van der Waals surface area (Å²) >= 11 is 0. The number of nitrogens with one attached hydrogen (secondary N) is 3. The molecule has 26 heavy (non-hydrogen) atoms. The van der Waals surface area contributed by atoms with Crippen molar-refractivity contribution in [1.82, 2.24) is 25.3 Å². The molecule has 6 nitrogen and oxygen atoms in total. The average Bonchev–Trinajstić information content (AvgIpc) is 3.04. The SMILES string of the molecule is Cc1ccc2nc(CNC(=O)CCC[C@@H]3NC[C@@H]4CNC[C@H]3C4)cn2c1. The zero-order valence-corrected chi connectivity index (χ0v) is 15.5. The Morgan fingerprint density at radius 1 is 1.31 bits per heavy atom. The van der Waals surface area contributed by atoms with E-state index in [0.717, 1.165) is 55.7 Å². The molecule has 3 atom stereocenters. The number of fused-ring (bicyclic) bond motifs is 3. The molecule has 0 spiro atoms. The van der Waals surface area contributed by atoms with E-state index in [4.69, 9.17) is 0 Å². The zero-order valence-electron chi connectivity index (χ0n) is 15.5. The minimum absolute atomic E-state index is 0.119. The predicted octanol–water partition coefficient (Wildman–Crippen LogP) is 1.63. The van der Waals surface area contributed by atoms with Crippen LogP contribution in [0, 0.1) is 18.8 Å². The third-order valence-electron chi connectivity index (χ3n) is 5.75. The molecule has 2 aromatic heterocycles. The van der Waals surface area contributed by atoms with Gasteiger partial charge in [0.2, 0.25) is 5.91 Å². The number of imidazole rings is 1. The van der Waals surface area contributed by atoms with Crippen molar-refractivity contribution in [2.24, 2.45) is 11.8 Å². The number of aromatic nitrogens is 2. The summed E-state index contributed by atoms with van der Waals surface area (Å²) in [6.45, 7) is 5.95. The van der Waals surface area contributed by atoms with Crippen LogP contribution in [0.4, 0.5) is 0 Å². The van der Waals surface area contributed by atoms with Crippen LogP contribution in [0.3, 0.4) is 0 Å². The summed E-state index contributed by atoms with van der Waals surface area (Å²) in [5, 5.41) is 10.2. The highest BCUT2D eigenvalue weighted by Crippen LogP contribution is 2.26. The minimum atomic E-state index is 0.119. The molecule has 2 aliphatic heterocycles. The monoisotopic (exact) mass is 355 g/mol. The predicted molar refractivity (Wildman–Crippen MR) is 102 cm³/mol. The van der Waals surface area contributed by atoms with Crippen molar-refractivity contribution in [2.45, 2.75) is 45.2 Å². The largest absolute Gasteiger partial charge is 0.350 e. The van der Waals surface area contributed by atoms with E-state index in [-0.39, 0.29) is 5.91 Å². The first-order valence-corrected chi connectivity index (χ1v) is 9.82. The molecule has 2 fully saturated rings. The molecule has 1 amide bonds. The molecule has 4 rings (SSSR count). The first-order valence-electron chi connectivity index (χ1n) is 9.82. The molecule has 140 valence electrons. The van der Waals surface area contributed by atoms with E-state index in [1.165, 1.54) is 12.0 Å². The maximum absolute atomic E-state index is 12.2. The second-order valence-electron chi connectivity index (χ2n) is 7.91. The van der Waals surface area contributed by atoms with Gasteiger partial charge in [-0.25, -0.2) is 4.98 Å². The molecule has 0 saturated carbocycles. The summed E-state index contributed by atoms with van der Waals surface area (Å²) in [5.74, 6) is 1.64. The van der Waals surface area contributed by atoms with Gasteiger partial charge in [0.15, 0.2) is 0 Å². The van der Waals surface area contributed by atoms with E-state index in [1.54, 1.807) is 0 Å². The molecule has 0 radical (unpaired) electrons. The fourth-order valence-electron chi connectivity index (χ4n) is 4.35. The highest BCUT2D eigenvalue weighted by molar-refractivity contribution is 5.75. The lowest BCUT2D eigenvalue weighted by Crippen LogP contribution is -2.54. The van der Waals surface area contributed by atoms with Gasteiger partial charge in [-0.05, 0) is 69.3 Å². The van der Waals surface area contributed by atoms with Crippen LogP contribution < -0.4 is 16.0 Å². The normalized spacial score (nSPS) is 25.3. The molecule has 2 aromatic rings. The van der Waals surface area contributed by atoms with Crippen LogP contribution in [0.5, 0.6) is 0 Å². The molecular weight excluding hydrogens is 326 g/mol. The van der Waals surface area contributed by atoms with Crippen LogP contribution >= 0.6 is 0 Å². The Labute approximate surface area is 154 Å².